The highest BCUT2D eigenvalue weighted by molar-refractivity contribution is 5.95. The molecule has 43 heavy (non-hydrogen) atoms. The summed E-state index contributed by atoms with van der Waals surface area (Å²) in [7, 11) is 0. The number of fused-ring (bicyclic) bond motifs is 1. The van der Waals surface area contributed by atoms with Crippen LogP contribution in [0.2, 0.25) is 0 Å². The van der Waals surface area contributed by atoms with Crippen LogP contribution in [0.4, 0.5) is 0 Å². The van der Waals surface area contributed by atoms with Crippen LogP contribution in [0.25, 0.3) is 10.9 Å². The maximum Gasteiger partial charge on any atom is 0.326 e. The fraction of sp³-hybridized carbons (Fsp3) is 0.370. The monoisotopic (exact) mass is 597 g/mol. The summed E-state index contributed by atoms with van der Waals surface area (Å²) in [5.41, 5.74) is 18.1. The minimum Gasteiger partial charge on any atom is -0.480 e. The lowest BCUT2D eigenvalue weighted by molar-refractivity contribution is -0.142. The molecule has 4 unspecified atom stereocenters. The lowest BCUT2D eigenvalue weighted by atomic mass is 10.0. The van der Waals surface area contributed by atoms with E-state index >= 15 is 0 Å². The number of aliphatic carboxylic acids is 1. The molecule has 0 spiro atoms. The number of hydrogen-bond donors (Lipinski definition) is 9. The fourth-order valence-electron chi connectivity index (χ4n) is 4.35. The van der Waals surface area contributed by atoms with Crippen molar-refractivity contribution >= 4 is 46.4 Å². The van der Waals surface area contributed by atoms with E-state index in [9.17, 15) is 33.9 Å². The van der Waals surface area contributed by atoms with Gasteiger partial charge in [-0.25, -0.2) is 9.78 Å². The van der Waals surface area contributed by atoms with Crippen LogP contribution in [0.5, 0.6) is 0 Å². The highest BCUT2D eigenvalue weighted by Gasteiger charge is 2.31. The van der Waals surface area contributed by atoms with Gasteiger partial charge >= 0.3 is 5.97 Å². The number of para-hydroxylation sites is 1. The van der Waals surface area contributed by atoms with Crippen LogP contribution >= 0.6 is 0 Å². The zero-order chi connectivity index (χ0) is 31.5. The van der Waals surface area contributed by atoms with Crippen molar-refractivity contribution in [2.75, 3.05) is 0 Å². The van der Waals surface area contributed by atoms with E-state index in [0.29, 0.717) is 11.3 Å². The van der Waals surface area contributed by atoms with Gasteiger partial charge < -0.3 is 48.2 Å². The number of aromatic amines is 2. The van der Waals surface area contributed by atoms with Crippen LogP contribution in [-0.4, -0.2) is 79.7 Å². The molecular weight excluding hydrogens is 562 g/mol. The topological polar surface area (TPSA) is 281 Å². The highest BCUT2D eigenvalue weighted by Crippen LogP contribution is 2.19. The molecule has 16 nitrogen and oxygen atoms in total. The summed E-state index contributed by atoms with van der Waals surface area (Å²) in [5.74, 6) is -5.14. The molecule has 0 bridgehead atoms. The smallest absolute Gasteiger partial charge is 0.326 e. The van der Waals surface area contributed by atoms with Gasteiger partial charge in [-0.3, -0.25) is 24.0 Å². The number of carboxylic acids is 1. The molecular formula is C27H35N9O7. The van der Waals surface area contributed by atoms with Gasteiger partial charge in [-0.2, -0.15) is 0 Å². The fourth-order valence-corrected chi connectivity index (χ4v) is 4.35. The lowest BCUT2D eigenvalue weighted by Crippen LogP contribution is -2.58. The second kappa shape index (κ2) is 15.1. The zero-order valence-corrected chi connectivity index (χ0v) is 23.2. The first-order valence-corrected chi connectivity index (χ1v) is 13.4. The number of carboxylic acid groups (broad SMARTS) is 1. The third-order valence-electron chi connectivity index (χ3n) is 6.68. The number of nitrogens with two attached hydrogens (primary N) is 3. The van der Waals surface area contributed by atoms with E-state index in [0.717, 1.165) is 10.9 Å². The lowest BCUT2D eigenvalue weighted by Gasteiger charge is -2.25. The number of aromatic nitrogens is 3. The van der Waals surface area contributed by atoms with E-state index in [2.05, 4.69) is 30.9 Å². The molecule has 2 aromatic heterocycles. The van der Waals surface area contributed by atoms with Gasteiger partial charge in [0.05, 0.1) is 12.4 Å². The average Bonchev–Trinajstić information content (AvgIpc) is 3.62. The standard InChI is InChI=1S/C27H35N9O7/c28-17(5-7-22(29)37)24(39)34-19(6-8-23(30)38)25(40)35-20(10-15-12-31-13-33-15)26(41)36-21(27(42)43)9-14-11-32-18-4-2-1-3-16(14)18/h1-4,11-13,17,19-21,32H,5-10,28H2,(H2,29,37)(H2,30,38)(H,31,33)(H,34,39)(H,35,40)(H,36,41)(H,42,43). The number of rotatable bonds is 17. The first-order chi connectivity index (χ1) is 20.4. The van der Waals surface area contributed by atoms with E-state index in [1.807, 2.05) is 24.3 Å². The Balaban J connectivity index is 1.78. The number of benzene rings is 1. The Labute approximate surface area is 245 Å². The summed E-state index contributed by atoms with van der Waals surface area (Å²) in [4.78, 5) is 83.8. The Morgan fingerprint density at radius 3 is 2.09 bits per heavy atom. The van der Waals surface area contributed by atoms with E-state index in [4.69, 9.17) is 17.2 Å². The van der Waals surface area contributed by atoms with Crippen molar-refractivity contribution in [1.29, 1.82) is 0 Å². The Morgan fingerprint density at radius 2 is 1.44 bits per heavy atom. The highest BCUT2D eigenvalue weighted by atomic mass is 16.4. The largest absolute Gasteiger partial charge is 0.480 e. The van der Waals surface area contributed by atoms with Crippen LogP contribution in [0, 0.1) is 0 Å². The molecule has 4 atom stereocenters. The molecule has 230 valence electrons. The maximum atomic E-state index is 13.4. The first-order valence-electron chi connectivity index (χ1n) is 13.4. The minimum absolute atomic E-state index is 0.0453. The molecule has 5 amide bonds. The van der Waals surface area contributed by atoms with Crippen LogP contribution in [-0.2, 0) is 41.6 Å². The maximum absolute atomic E-state index is 13.4. The Bertz CT molecular complexity index is 1450. The summed E-state index contributed by atoms with van der Waals surface area (Å²) >= 11 is 0. The molecule has 0 saturated carbocycles. The van der Waals surface area contributed by atoms with Gasteiger partial charge in [0.25, 0.3) is 0 Å². The molecule has 2 heterocycles. The van der Waals surface area contributed by atoms with Gasteiger partial charge in [-0.15, -0.1) is 0 Å². The molecule has 3 rings (SSSR count). The minimum atomic E-state index is -1.35. The molecule has 0 radical (unpaired) electrons. The summed E-state index contributed by atoms with van der Waals surface area (Å²) in [6, 6.07) is 2.12. The first kappa shape index (κ1) is 32.3. The zero-order valence-electron chi connectivity index (χ0n) is 23.2. The van der Waals surface area contributed by atoms with Gasteiger partial charge in [0.1, 0.15) is 18.1 Å². The quantitative estimate of drug-likeness (QED) is 0.0836. The van der Waals surface area contributed by atoms with Crippen molar-refractivity contribution in [2.45, 2.75) is 62.7 Å². The number of carbonyl (C=O) groups excluding carboxylic acids is 5. The van der Waals surface area contributed by atoms with Crippen molar-refractivity contribution in [1.82, 2.24) is 30.9 Å². The number of imidazole rings is 1. The molecule has 0 aliphatic rings. The van der Waals surface area contributed by atoms with Gasteiger partial charge in [-0.05, 0) is 24.5 Å². The SMILES string of the molecule is NC(=O)CCC(N)C(=O)NC(CCC(N)=O)C(=O)NC(Cc1cnc[nH]1)C(=O)NC(Cc1c[nH]c2ccccc12)C(=O)O. The molecule has 12 N–H and O–H groups in total. The molecule has 0 saturated heterocycles. The van der Waals surface area contributed by atoms with E-state index in [1.165, 1.54) is 12.5 Å². The number of amides is 5. The third-order valence-corrected chi connectivity index (χ3v) is 6.68. The van der Waals surface area contributed by atoms with Crippen LogP contribution in [0.15, 0.2) is 43.0 Å². The van der Waals surface area contributed by atoms with Crippen LogP contribution in [0.3, 0.4) is 0 Å². The van der Waals surface area contributed by atoms with Crippen molar-refractivity contribution in [3.8, 4) is 0 Å². The van der Waals surface area contributed by atoms with Crippen molar-refractivity contribution in [3.05, 3.63) is 54.2 Å². The number of carbonyl (C=O) groups is 6. The Hall–Kier alpha value is -5.25. The summed E-state index contributed by atoms with van der Waals surface area (Å²) in [5, 5.41) is 18.1. The van der Waals surface area contributed by atoms with Gasteiger partial charge in [0.15, 0.2) is 0 Å². The number of primary amides is 2. The number of nitrogens with one attached hydrogen (secondary N) is 5. The Kier molecular flexibility index (Phi) is 11.3. The van der Waals surface area contributed by atoms with E-state index in [1.54, 1.807) is 6.20 Å². The van der Waals surface area contributed by atoms with Crippen LogP contribution < -0.4 is 33.2 Å². The molecule has 16 heteroatoms. The number of hydrogen-bond acceptors (Lipinski definition) is 8. The summed E-state index contributed by atoms with van der Waals surface area (Å²) < 4.78 is 0. The average molecular weight is 598 g/mol. The summed E-state index contributed by atoms with van der Waals surface area (Å²) in [6.07, 6.45) is 3.57. The van der Waals surface area contributed by atoms with Gasteiger partial charge in [0, 0.05) is 54.7 Å². The molecule has 3 aromatic rings. The van der Waals surface area contributed by atoms with Crippen molar-refractivity contribution in [3.63, 3.8) is 0 Å². The van der Waals surface area contributed by atoms with Crippen molar-refractivity contribution in [2.24, 2.45) is 17.2 Å². The van der Waals surface area contributed by atoms with Crippen LogP contribution in [0.1, 0.15) is 36.9 Å². The number of nitrogens with zero attached hydrogens (tertiary/aromatic N) is 1. The summed E-state index contributed by atoms with van der Waals surface area (Å²) in [6.45, 7) is 0. The second-order valence-electron chi connectivity index (χ2n) is 9.98. The predicted molar refractivity (Wildman–Crippen MR) is 153 cm³/mol. The van der Waals surface area contributed by atoms with Gasteiger partial charge in [0.2, 0.25) is 29.5 Å². The predicted octanol–water partition coefficient (Wildman–Crippen LogP) is -1.93. The third kappa shape index (κ3) is 9.67. The number of H-pyrrole nitrogens is 2. The molecule has 1 aromatic carbocycles. The van der Waals surface area contributed by atoms with E-state index in [-0.39, 0.29) is 38.5 Å². The Morgan fingerprint density at radius 1 is 0.814 bits per heavy atom. The molecule has 0 aliphatic carbocycles. The van der Waals surface area contributed by atoms with Crippen molar-refractivity contribution < 1.29 is 33.9 Å². The van der Waals surface area contributed by atoms with E-state index < -0.39 is 59.7 Å². The molecule has 0 fully saturated rings. The normalized spacial score (nSPS) is 13.8. The second-order valence-corrected chi connectivity index (χ2v) is 9.98. The van der Waals surface area contributed by atoms with Gasteiger partial charge in [-0.1, -0.05) is 18.2 Å². The molecule has 0 aliphatic heterocycles.